The standard InChI is InChI=1S/C12H25NO2/c1-3-11(15)8-13-12(9-14)6-4-10(2)5-7-12/h10-11,13-15H,3-9H2,1-2H3. The lowest BCUT2D eigenvalue weighted by atomic mass is 9.77. The van der Waals surface area contributed by atoms with Gasteiger partial charge in [-0.25, -0.2) is 0 Å². The van der Waals surface area contributed by atoms with Crippen molar-refractivity contribution in [3.8, 4) is 0 Å². The summed E-state index contributed by atoms with van der Waals surface area (Å²) in [4.78, 5) is 0. The molecule has 1 rings (SSSR count). The predicted octanol–water partition coefficient (Wildman–Crippen LogP) is 1.29. The molecule has 0 aromatic rings. The zero-order valence-electron chi connectivity index (χ0n) is 10.00. The average Bonchev–Trinajstić information content (AvgIpc) is 2.28. The normalized spacial score (nSPS) is 34.0. The summed E-state index contributed by atoms with van der Waals surface area (Å²) < 4.78 is 0. The highest BCUT2D eigenvalue weighted by Gasteiger charge is 2.33. The Morgan fingerprint density at radius 1 is 1.40 bits per heavy atom. The van der Waals surface area contributed by atoms with Crippen molar-refractivity contribution in [2.24, 2.45) is 5.92 Å². The molecule has 0 spiro atoms. The summed E-state index contributed by atoms with van der Waals surface area (Å²) in [6.45, 7) is 5.03. The summed E-state index contributed by atoms with van der Waals surface area (Å²) in [5.41, 5.74) is -0.122. The zero-order chi connectivity index (χ0) is 11.3. The molecule has 3 N–H and O–H groups in total. The maximum absolute atomic E-state index is 9.51. The van der Waals surface area contributed by atoms with Crippen molar-refractivity contribution in [1.82, 2.24) is 5.32 Å². The summed E-state index contributed by atoms with van der Waals surface area (Å²) in [5.74, 6) is 0.780. The van der Waals surface area contributed by atoms with Crippen molar-refractivity contribution in [3.05, 3.63) is 0 Å². The van der Waals surface area contributed by atoms with Crippen molar-refractivity contribution in [2.45, 2.75) is 57.6 Å². The van der Waals surface area contributed by atoms with Crippen LogP contribution in [0.3, 0.4) is 0 Å². The quantitative estimate of drug-likeness (QED) is 0.648. The van der Waals surface area contributed by atoms with E-state index < -0.39 is 0 Å². The van der Waals surface area contributed by atoms with Gasteiger partial charge in [-0.1, -0.05) is 13.8 Å². The molecule has 0 aliphatic heterocycles. The van der Waals surface area contributed by atoms with Crippen molar-refractivity contribution in [3.63, 3.8) is 0 Å². The lowest BCUT2D eigenvalue weighted by Gasteiger charge is -2.39. The molecule has 1 atom stereocenters. The van der Waals surface area contributed by atoms with Gasteiger partial charge in [0.25, 0.3) is 0 Å². The van der Waals surface area contributed by atoms with Gasteiger partial charge in [0.2, 0.25) is 0 Å². The minimum Gasteiger partial charge on any atom is -0.394 e. The summed E-state index contributed by atoms with van der Waals surface area (Å²) in [6.07, 6.45) is 4.89. The van der Waals surface area contributed by atoms with Gasteiger partial charge in [0.15, 0.2) is 0 Å². The molecule has 0 bridgehead atoms. The maximum Gasteiger partial charge on any atom is 0.0662 e. The number of hydrogen-bond donors (Lipinski definition) is 3. The van der Waals surface area contributed by atoms with Crippen molar-refractivity contribution in [2.75, 3.05) is 13.2 Å². The molecular weight excluding hydrogens is 190 g/mol. The molecule has 0 aromatic carbocycles. The van der Waals surface area contributed by atoms with E-state index in [0.717, 1.165) is 25.2 Å². The highest BCUT2D eigenvalue weighted by atomic mass is 16.3. The molecule has 0 aromatic heterocycles. The minimum absolute atomic E-state index is 0.122. The summed E-state index contributed by atoms with van der Waals surface area (Å²) in [7, 11) is 0. The van der Waals surface area contributed by atoms with Crippen LogP contribution in [0.25, 0.3) is 0 Å². The Morgan fingerprint density at radius 2 is 2.00 bits per heavy atom. The Hall–Kier alpha value is -0.120. The zero-order valence-corrected chi connectivity index (χ0v) is 10.00. The third-order valence-corrected chi connectivity index (χ3v) is 3.72. The fraction of sp³-hybridized carbons (Fsp3) is 1.00. The molecule has 1 aliphatic rings. The third kappa shape index (κ3) is 3.74. The Balaban J connectivity index is 2.39. The second-order valence-electron chi connectivity index (χ2n) is 5.06. The second kappa shape index (κ2) is 5.83. The lowest BCUT2D eigenvalue weighted by molar-refractivity contribution is 0.0827. The predicted molar refractivity (Wildman–Crippen MR) is 61.7 cm³/mol. The van der Waals surface area contributed by atoms with Crippen LogP contribution in [0.15, 0.2) is 0 Å². The Kier molecular flexibility index (Phi) is 5.03. The largest absolute Gasteiger partial charge is 0.394 e. The maximum atomic E-state index is 9.51. The van der Waals surface area contributed by atoms with Gasteiger partial charge >= 0.3 is 0 Å². The van der Waals surface area contributed by atoms with Crippen LogP contribution in [-0.2, 0) is 0 Å². The van der Waals surface area contributed by atoms with Crippen LogP contribution >= 0.6 is 0 Å². The van der Waals surface area contributed by atoms with Crippen LogP contribution in [0.1, 0.15) is 46.0 Å². The first-order valence-corrected chi connectivity index (χ1v) is 6.16. The monoisotopic (exact) mass is 215 g/mol. The fourth-order valence-electron chi connectivity index (χ4n) is 2.18. The molecule has 90 valence electrons. The second-order valence-corrected chi connectivity index (χ2v) is 5.06. The fourth-order valence-corrected chi connectivity index (χ4v) is 2.18. The number of aliphatic hydroxyl groups is 2. The topological polar surface area (TPSA) is 52.5 Å². The summed E-state index contributed by atoms with van der Waals surface area (Å²) in [5, 5.41) is 22.3. The molecule has 3 nitrogen and oxygen atoms in total. The number of aliphatic hydroxyl groups excluding tert-OH is 2. The Labute approximate surface area is 92.9 Å². The molecule has 0 heterocycles. The van der Waals surface area contributed by atoms with Gasteiger partial charge in [-0.2, -0.15) is 0 Å². The van der Waals surface area contributed by atoms with Crippen LogP contribution in [0.5, 0.6) is 0 Å². The van der Waals surface area contributed by atoms with E-state index in [9.17, 15) is 10.2 Å². The van der Waals surface area contributed by atoms with E-state index in [4.69, 9.17) is 0 Å². The Morgan fingerprint density at radius 3 is 2.47 bits per heavy atom. The van der Waals surface area contributed by atoms with Gasteiger partial charge in [-0.05, 0) is 38.0 Å². The number of β-amino-alcohol motifs (C(OH)–C–C–N with tert-alkyl or cyclic N) is 1. The first kappa shape index (κ1) is 12.9. The molecule has 1 saturated carbocycles. The van der Waals surface area contributed by atoms with Gasteiger partial charge in [-0.15, -0.1) is 0 Å². The summed E-state index contributed by atoms with van der Waals surface area (Å²) >= 11 is 0. The van der Waals surface area contributed by atoms with Gasteiger partial charge in [0.1, 0.15) is 0 Å². The first-order chi connectivity index (χ1) is 7.12. The van der Waals surface area contributed by atoms with E-state index in [0.29, 0.717) is 6.54 Å². The molecule has 1 aliphatic carbocycles. The number of hydrogen-bond acceptors (Lipinski definition) is 3. The SMILES string of the molecule is CCC(O)CNC1(CO)CCC(C)CC1. The van der Waals surface area contributed by atoms with Crippen LogP contribution in [-0.4, -0.2) is 35.0 Å². The Bertz CT molecular complexity index is 176. The van der Waals surface area contributed by atoms with E-state index in [1.54, 1.807) is 0 Å². The van der Waals surface area contributed by atoms with Crippen molar-refractivity contribution in [1.29, 1.82) is 0 Å². The van der Waals surface area contributed by atoms with Crippen LogP contribution in [0.4, 0.5) is 0 Å². The molecule has 0 saturated heterocycles. The molecule has 3 heteroatoms. The van der Waals surface area contributed by atoms with Gasteiger partial charge < -0.3 is 15.5 Å². The van der Waals surface area contributed by atoms with E-state index in [1.165, 1.54) is 12.8 Å². The van der Waals surface area contributed by atoms with Crippen LogP contribution in [0.2, 0.25) is 0 Å². The molecule has 1 fully saturated rings. The lowest BCUT2D eigenvalue weighted by Crippen LogP contribution is -2.52. The van der Waals surface area contributed by atoms with E-state index in [-0.39, 0.29) is 18.2 Å². The van der Waals surface area contributed by atoms with E-state index >= 15 is 0 Å². The smallest absolute Gasteiger partial charge is 0.0662 e. The molecular formula is C12H25NO2. The van der Waals surface area contributed by atoms with Crippen LogP contribution in [0, 0.1) is 5.92 Å². The van der Waals surface area contributed by atoms with E-state index in [2.05, 4.69) is 12.2 Å². The van der Waals surface area contributed by atoms with Crippen LogP contribution < -0.4 is 5.32 Å². The number of nitrogens with one attached hydrogen (secondary N) is 1. The molecule has 0 radical (unpaired) electrons. The highest BCUT2D eigenvalue weighted by molar-refractivity contribution is 4.92. The van der Waals surface area contributed by atoms with Gasteiger partial charge in [-0.3, -0.25) is 0 Å². The van der Waals surface area contributed by atoms with E-state index in [1.807, 2.05) is 6.92 Å². The first-order valence-electron chi connectivity index (χ1n) is 6.16. The highest BCUT2D eigenvalue weighted by Crippen LogP contribution is 2.31. The molecule has 0 amide bonds. The van der Waals surface area contributed by atoms with Crippen molar-refractivity contribution >= 4 is 0 Å². The average molecular weight is 215 g/mol. The summed E-state index contributed by atoms with van der Waals surface area (Å²) in [6, 6.07) is 0. The van der Waals surface area contributed by atoms with Gasteiger partial charge in [0, 0.05) is 12.1 Å². The van der Waals surface area contributed by atoms with Crippen molar-refractivity contribution < 1.29 is 10.2 Å². The third-order valence-electron chi connectivity index (χ3n) is 3.72. The molecule has 1 unspecified atom stereocenters. The number of rotatable bonds is 5. The van der Waals surface area contributed by atoms with Gasteiger partial charge in [0.05, 0.1) is 12.7 Å². The molecule has 15 heavy (non-hydrogen) atoms. The minimum atomic E-state index is -0.284.